The molecule has 1 aromatic heterocycles. The molecule has 0 unspecified atom stereocenters. The molecule has 6 heteroatoms. The van der Waals surface area contributed by atoms with Gasteiger partial charge in [0, 0.05) is 25.4 Å². The van der Waals surface area contributed by atoms with E-state index in [4.69, 9.17) is 0 Å². The van der Waals surface area contributed by atoms with Gasteiger partial charge in [0.1, 0.15) is 0 Å². The Morgan fingerprint density at radius 3 is 2.64 bits per heavy atom. The van der Waals surface area contributed by atoms with Crippen LogP contribution >= 0.6 is 0 Å². The summed E-state index contributed by atoms with van der Waals surface area (Å²) >= 11 is 0. The number of hydrogen-bond acceptors (Lipinski definition) is 4. The minimum Gasteiger partial charge on any atom is -0.290 e. The van der Waals surface area contributed by atoms with Crippen molar-refractivity contribution in [2.24, 2.45) is 7.05 Å². The van der Waals surface area contributed by atoms with E-state index in [0.717, 1.165) is 23.2 Å². The molecule has 1 fully saturated rings. The maximum Gasteiger partial charge on any atom is 0.247 e. The van der Waals surface area contributed by atoms with Gasteiger partial charge in [0.15, 0.2) is 0 Å². The van der Waals surface area contributed by atoms with Gasteiger partial charge in [-0.15, -0.1) is 0 Å². The highest BCUT2D eigenvalue weighted by Gasteiger charge is 2.40. The number of amides is 2. The third-order valence-corrected chi connectivity index (χ3v) is 4.68. The Bertz CT molecular complexity index is 769. The first kappa shape index (κ1) is 17.4. The number of imide groups is 1. The summed E-state index contributed by atoms with van der Waals surface area (Å²) < 4.78 is 1.80. The highest BCUT2D eigenvalue weighted by molar-refractivity contribution is 6.05. The lowest BCUT2D eigenvalue weighted by Crippen LogP contribution is -2.39. The number of likely N-dealkylation sites (tertiary alicyclic amines) is 1. The molecule has 3 rings (SSSR count). The number of hydrogen-bond donors (Lipinski definition) is 0. The average Bonchev–Trinajstić information content (AvgIpc) is 3.09. The van der Waals surface area contributed by atoms with Gasteiger partial charge in [0.25, 0.3) is 0 Å². The first-order chi connectivity index (χ1) is 12.0. The Labute approximate surface area is 148 Å². The zero-order chi connectivity index (χ0) is 18.0. The van der Waals surface area contributed by atoms with Gasteiger partial charge in [-0.25, -0.2) is 0 Å². The fourth-order valence-corrected chi connectivity index (χ4v) is 3.33. The monoisotopic (exact) mass is 340 g/mol. The van der Waals surface area contributed by atoms with Crippen LogP contribution in [0.5, 0.6) is 0 Å². The lowest BCUT2D eigenvalue weighted by molar-refractivity contribution is -0.140. The van der Waals surface area contributed by atoms with Crippen LogP contribution in [-0.2, 0) is 36.1 Å². The molecular formula is C19H24N4O2. The molecule has 6 nitrogen and oxygen atoms in total. The highest BCUT2D eigenvalue weighted by atomic mass is 16.2. The number of rotatable bonds is 6. The van der Waals surface area contributed by atoms with E-state index >= 15 is 0 Å². The Kier molecular flexibility index (Phi) is 4.99. The van der Waals surface area contributed by atoms with Crippen LogP contribution in [0.2, 0.25) is 0 Å². The third-order valence-electron chi connectivity index (χ3n) is 4.68. The molecule has 2 aromatic rings. The summed E-state index contributed by atoms with van der Waals surface area (Å²) in [6, 6.07) is 9.22. The van der Waals surface area contributed by atoms with E-state index < -0.39 is 6.04 Å². The second-order valence-electron chi connectivity index (χ2n) is 6.57. The fraction of sp³-hybridized carbons (Fsp3) is 0.421. The van der Waals surface area contributed by atoms with Crippen molar-refractivity contribution in [1.82, 2.24) is 19.6 Å². The lowest BCUT2D eigenvalue weighted by Gasteiger charge is -2.22. The lowest BCUT2D eigenvalue weighted by atomic mass is 10.1. The minimum atomic E-state index is -0.402. The summed E-state index contributed by atoms with van der Waals surface area (Å²) in [5.74, 6) is -0.217. The molecule has 0 saturated carbocycles. The van der Waals surface area contributed by atoms with Crippen LogP contribution < -0.4 is 0 Å². The van der Waals surface area contributed by atoms with E-state index in [-0.39, 0.29) is 18.2 Å². The van der Waals surface area contributed by atoms with E-state index in [9.17, 15) is 9.59 Å². The smallest absolute Gasteiger partial charge is 0.247 e. The Morgan fingerprint density at radius 1 is 1.24 bits per heavy atom. The van der Waals surface area contributed by atoms with E-state index in [1.807, 2.05) is 55.5 Å². The van der Waals surface area contributed by atoms with Crippen molar-refractivity contribution in [3.63, 3.8) is 0 Å². The maximum absolute atomic E-state index is 12.8. The number of aryl methyl sites for hydroxylation is 2. The molecule has 1 aliphatic heterocycles. The molecule has 1 saturated heterocycles. The van der Waals surface area contributed by atoms with Gasteiger partial charge in [0.2, 0.25) is 11.8 Å². The molecule has 0 spiro atoms. The number of benzene rings is 1. The molecule has 1 atom stereocenters. The molecule has 0 bridgehead atoms. The van der Waals surface area contributed by atoms with Crippen molar-refractivity contribution < 1.29 is 9.59 Å². The Hall–Kier alpha value is -2.47. The SMILES string of the molecule is CCc1nn(C)cc1CN(C)[C@@H]1CC(=O)N(Cc2ccccc2)C1=O. The molecule has 132 valence electrons. The fourth-order valence-electron chi connectivity index (χ4n) is 3.33. The largest absolute Gasteiger partial charge is 0.290 e. The second-order valence-corrected chi connectivity index (χ2v) is 6.57. The molecule has 2 amide bonds. The predicted octanol–water partition coefficient (Wildman–Crippen LogP) is 1.74. The molecule has 1 aromatic carbocycles. The number of likely N-dealkylation sites (N-methyl/N-ethyl adjacent to an activating group) is 1. The van der Waals surface area contributed by atoms with Crippen LogP contribution in [0.15, 0.2) is 36.5 Å². The van der Waals surface area contributed by atoms with Crippen LogP contribution in [0.3, 0.4) is 0 Å². The Morgan fingerprint density at radius 2 is 1.96 bits per heavy atom. The average molecular weight is 340 g/mol. The quantitative estimate of drug-likeness (QED) is 0.752. The zero-order valence-electron chi connectivity index (χ0n) is 15.0. The van der Waals surface area contributed by atoms with Crippen molar-refractivity contribution >= 4 is 11.8 Å². The van der Waals surface area contributed by atoms with Crippen molar-refractivity contribution in [1.29, 1.82) is 0 Å². The van der Waals surface area contributed by atoms with E-state index in [0.29, 0.717) is 13.1 Å². The normalized spacial score (nSPS) is 17.8. The topological polar surface area (TPSA) is 58.4 Å². The highest BCUT2D eigenvalue weighted by Crippen LogP contribution is 2.22. The molecule has 25 heavy (non-hydrogen) atoms. The Balaban J connectivity index is 1.70. The van der Waals surface area contributed by atoms with E-state index in [2.05, 4.69) is 12.0 Å². The van der Waals surface area contributed by atoms with Crippen LogP contribution in [-0.4, -0.2) is 44.5 Å². The van der Waals surface area contributed by atoms with Crippen LogP contribution in [0.1, 0.15) is 30.2 Å². The summed E-state index contributed by atoms with van der Waals surface area (Å²) in [6.45, 7) is 3.02. The van der Waals surface area contributed by atoms with Crippen molar-refractivity contribution in [3.8, 4) is 0 Å². The minimum absolute atomic E-state index is 0.104. The van der Waals surface area contributed by atoms with Gasteiger partial charge in [-0.1, -0.05) is 37.3 Å². The number of carbonyl (C=O) groups is 2. The molecule has 2 heterocycles. The molecular weight excluding hydrogens is 316 g/mol. The van der Waals surface area contributed by atoms with E-state index in [1.165, 1.54) is 4.90 Å². The summed E-state index contributed by atoms with van der Waals surface area (Å²) in [5.41, 5.74) is 3.11. The van der Waals surface area contributed by atoms with Crippen molar-refractivity contribution in [2.45, 2.75) is 38.9 Å². The van der Waals surface area contributed by atoms with Gasteiger partial charge in [-0.2, -0.15) is 5.10 Å². The second kappa shape index (κ2) is 7.19. The van der Waals surface area contributed by atoms with E-state index in [1.54, 1.807) is 4.68 Å². The van der Waals surface area contributed by atoms with Crippen molar-refractivity contribution in [3.05, 3.63) is 53.3 Å². The summed E-state index contributed by atoms with van der Waals surface area (Å²) in [7, 11) is 3.79. The predicted molar refractivity (Wildman–Crippen MR) is 94.5 cm³/mol. The maximum atomic E-state index is 12.8. The van der Waals surface area contributed by atoms with Gasteiger partial charge in [-0.3, -0.25) is 24.1 Å². The molecule has 1 aliphatic rings. The van der Waals surface area contributed by atoms with Gasteiger partial charge < -0.3 is 0 Å². The first-order valence-corrected chi connectivity index (χ1v) is 8.59. The summed E-state index contributed by atoms with van der Waals surface area (Å²) in [4.78, 5) is 28.4. The number of aromatic nitrogens is 2. The molecule has 0 aliphatic carbocycles. The molecule has 0 N–H and O–H groups in total. The van der Waals surface area contributed by atoms with Crippen molar-refractivity contribution in [2.75, 3.05) is 7.05 Å². The van der Waals surface area contributed by atoms with Crippen LogP contribution in [0.25, 0.3) is 0 Å². The zero-order valence-corrected chi connectivity index (χ0v) is 15.0. The number of nitrogens with zero attached hydrogens (tertiary/aromatic N) is 4. The first-order valence-electron chi connectivity index (χ1n) is 8.59. The van der Waals surface area contributed by atoms with Gasteiger partial charge >= 0.3 is 0 Å². The van der Waals surface area contributed by atoms with Crippen LogP contribution in [0, 0.1) is 0 Å². The summed E-state index contributed by atoms with van der Waals surface area (Å²) in [5, 5.41) is 4.44. The van der Waals surface area contributed by atoms with Gasteiger partial charge in [-0.05, 0) is 19.0 Å². The summed E-state index contributed by atoms with van der Waals surface area (Å²) in [6.07, 6.45) is 3.07. The van der Waals surface area contributed by atoms with Crippen LogP contribution in [0.4, 0.5) is 0 Å². The number of carbonyl (C=O) groups excluding carboxylic acids is 2. The van der Waals surface area contributed by atoms with Gasteiger partial charge in [0.05, 0.1) is 24.7 Å². The standard InChI is InChI=1S/C19H24N4O2/c1-4-16-15(13-22(3)20-16)12-21(2)17-10-18(24)23(19(17)25)11-14-8-6-5-7-9-14/h5-9,13,17H,4,10-12H2,1-3H3/t17-/m1/s1. The molecule has 0 radical (unpaired) electrons. The third kappa shape index (κ3) is 3.64.